The van der Waals surface area contributed by atoms with Gasteiger partial charge in [0.05, 0.1) is 38.6 Å². The molecule has 0 spiro atoms. The number of ether oxygens (including phenoxy) is 4. The van der Waals surface area contributed by atoms with Gasteiger partial charge in [-0.1, -0.05) is 30.3 Å². The lowest BCUT2D eigenvalue weighted by Gasteiger charge is -2.23. The molecule has 3 aromatic carbocycles. The van der Waals surface area contributed by atoms with Crippen LogP contribution in [-0.2, 0) is 4.79 Å². The van der Waals surface area contributed by atoms with Crippen molar-refractivity contribution in [3.05, 3.63) is 83.4 Å². The quantitative estimate of drug-likeness (QED) is 0.430. The van der Waals surface area contributed by atoms with Crippen molar-refractivity contribution in [2.45, 2.75) is 12.5 Å². The lowest BCUT2D eigenvalue weighted by molar-refractivity contribution is -0.135. The maximum Gasteiger partial charge on any atom is 0.281 e. The molecular weight excluding hydrogens is 448 g/mol. The van der Waals surface area contributed by atoms with E-state index in [2.05, 4.69) is 5.10 Å². The number of hydrazone groups is 1. The first-order chi connectivity index (χ1) is 17.1. The maximum atomic E-state index is 13.3. The summed E-state index contributed by atoms with van der Waals surface area (Å²) in [4.78, 5) is 24.6. The lowest BCUT2D eigenvalue weighted by atomic mass is 9.98. The average Bonchev–Trinajstić information content (AvgIpc) is 3.37. The van der Waals surface area contributed by atoms with E-state index in [-0.39, 0.29) is 18.6 Å². The molecule has 35 heavy (non-hydrogen) atoms. The van der Waals surface area contributed by atoms with E-state index >= 15 is 0 Å². The van der Waals surface area contributed by atoms with E-state index in [1.54, 1.807) is 51.7 Å². The van der Waals surface area contributed by atoms with Gasteiger partial charge < -0.3 is 18.9 Å². The number of amides is 1. The predicted octanol–water partition coefficient (Wildman–Crippen LogP) is 4.28. The molecule has 8 heteroatoms. The summed E-state index contributed by atoms with van der Waals surface area (Å²) in [5, 5.41) is 6.10. The molecule has 0 saturated carbocycles. The van der Waals surface area contributed by atoms with Gasteiger partial charge in [0.15, 0.2) is 24.4 Å². The van der Waals surface area contributed by atoms with Crippen molar-refractivity contribution < 1.29 is 28.5 Å². The van der Waals surface area contributed by atoms with E-state index in [1.165, 1.54) is 5.01 Å². The Labute approximate surface area is 203 Å². The van der Waals surface area contributed by atoms with E-state index in [4.69, 9.17) is 18.9 Å². The molecule has 0 bridgehead atoms. The van der Waals surface area contributed by atoms with Crippen LogP contribution in [-0.4, -0.2) is 50.9 Å². The van der Waals surface area contributed by atoms with Crippen molar-refractivity contribution >= 4 is 17.9 Å². The Morgan fingerprint density at radius 2 is 1.74 bits per heavy atom. The monoisotopic (exact) mass is 474 g/mol. The number of methoxy groups -OCH3 is 3. The molecule has 8 nitrogen and oxygen atoms in total. The topological polar surface area (TPSA) is 86.7 Å². The molecule has 0 saturated heterocycles. The van der Waals surface area contributed by atoms with Gasteiger partial charge in [-0.05, 0) is 42.0 Å². The van der Waals surface area contributed by atoms with E-state index in [9.17, 15) is 9.59 Å². The number of benzene rings is 3. The first-order valence-electron chi connectivity index (χ1n) is 11.0. The van der Waals surface area contributed by atoms with Gasteiger partial charge in [-0.3, -0.25) is 9.59 Å². The third-order valence-electron chi connectivity index (χ3n) is 5.76. The van der Waals surface area contributed by atoms with Crippen molar-refractivity contribution in [3.8, 4) is 23.0 Å². The molecule has 0 aliphatic carbocycles. The number of carbonyl (C=O) groups is 2. The molecule has 180 valence electrons. The molecule has 1 heterocycles. The van der Waals surface area contributed by atoms with Crippen LogP contribution in [0, 0.1) is 0 Å². The Balaban J connectivity index is 1.65. The van der Waals surface area contributed by atoms with Crippen molar-refractivity contribution in [2.75, 3.05) is 27.9 Å². The molecule has 0 N–H and O–H groups in total. The van der Waals surface area contributed by atoms with Gasteiger partial charge in [0.1, 0.15) is 11.5 Å². The van der Waals surface area contributed by atoms with Crippen LogP contribution >= 0.6 is 0 Å². The van der Waals surface area contributed by atoms with Gasteiger partial charge in [0.2, 0.25) is 0 Å². The van der Waals surface area contributed by atoms with Gasteiger partial charge in [-0.25, -0.2) is 5.01 Å². The van der Waals surface area contributed by atoms with Crippen molar-refractivity contribution in [2.24, 2.45) is 5.10 Å². The van der Waals surface area contributed by atoms with Gasteiger partial charge in [0.25, 0.3) is 5.91 Å². The summed E-state index contributed by atoms with van der Waals surface area (Å²) in [7, 11) is 4.74. The number of rotatable bonds is 9. The van der Waals surface area contributed by atoms with Gasteiger partial charge >= 0.3 is 0 Å². The Kier molecular flexibility index (Phi) is 7.30. The molecule has 0 radical (unpaired) electrons. The lowest BCUT2D eigenvalue weighted by Crippen LogP contribution is -2.31. The number of carbonyl (C=O) groups excluding carboxylic acids is 2. The Hall–Kier alpha value is -4.33. The van der Waals surface area contributed by atoms with E-state index in [0.29, 0.717) is 41.3 Å². The summed E-state index contributed by atoms with van der Waals surface area (Å²) in [5.41, 5.74) is 2.81. The summed E-state index contributed by atoms with van der Waals surface area (Å²) in [6, 6.07) is 19.5. The van der Waals surface area contributed by atoms with Crippen LogP contribution in [0.2, 0.25) is 0 Å². The Morgan fingerprint density at radius 1 is 0.943 bits per heavy atom. The molecule has 4 rings (SSSR count). The highest BCUT2D eigenvalue weighted by molar-refractivity contribution is 6.03. The predicted molar refractivity (Wildman–Crippen MR) is 131 cm³/mol. The zero-order chi connectivity index (χ0) is 24.8. The summed E-state index contributed by atoms with van der Waals surface area (Å²) in [6.07, 6.45) is 1.18. The molecule has 1 atom stereocenters. The number of hydrogen-bond donors (Lipinski definition) is 0. The molecule has 0 aromatic heterocycles. The first-order valence-corrected chi connectivity index (χ1v) is 11.0. The third kappa shape index (κ3) is 5.11. The maximum absolute atomic E-state index is 13.3. The summed E-state index contributed by atoms with van der Waals surface area (Å²) >= 11 is 0. The molecule has 1 amide bonds. The first kappa shape index (κ1) is 23.8. The SMILES string of the molecule is COc1cccc(C2=NN(C(=O)COc3ccccc3C=O)C(c3ccc(OC)c(OC)c3)C2)c1. The van der Waals surface area contributed by atoms with Crippen LogP contribution in [0.25, 0.3) is 0 Å². The largest absolute Gasteiger partial charge is 0.497 e. The van der Waals surface area contributed by atoms with Crippen molar-refractivity contribution in [1.82, 2.24) is 5.01 Å². The van der Waals surface area contributed by atoms with E-state index in [1.807, 2.05) is 36.4 Å². The summed E-state index contributed by atoms with van der Waals surface area (Å²) in [5.74, 6) is 1.85. The Morgan fingerprint density at radius 3 is 2.49 bits per heavy atom. The molecule has 0 fully saturated rings. The zero-order valence-corrected chi connectivity index (χ0v) is 19.8. The second-order valence-electron chi connectivity index (χ2n) is 7.80. The summed E-state index contributed by atoms with van der Waals surface area (Å²) in [6.45, 7) is -0.274. The Bertz CT molecular complexity index is 1260. The fraction of sp³-hybridized carbons (Fsp3) is 0.222. The van der Waals surface area contributed by atoms with Crippen LogP contribution in [0.1, 0.15) is 33.9 Å². The molecule has 3 aromatic rings. The number of hydrogen-bond acceptors (Lipinski definition) is 7. The smallest absolute Gasteiger partial charge is 0.281 e. The van der Waals surface area contributed by atoms with E-state index in [0.717, 1.165) is 16.8 Å². The number of para-hydroxylation sites is 1. The van der Waals surface area contributed by atoms with Crippen LogP contribution in [0.5, 0.6) is 23.0 Å². The standard InChI is InChI=1S/C27H26N2O6/c1-32-21-9-6-8-18(13-21)22-15-23(19-11-12-25(33-2)26(14-19)34-3)29(28-22)27(31)17-35-24-10-5-4-7-20(24)16-30/h4-14,16,23H,15,17H2,1-3H3. The van der Waals surface area contributed by atoms with E-state index < -0.39 is 0 Å². The second kappa shape index (κ2) is 10.7. The van der Waals surface area contributed by atoms with Crippen LogP contribution in [0.15, 0.2) is 71.8 Å². The summed E-state index contributed by atoms with van der Waals surface area (Å²) < 4.78 is 21.9. The van der Waals surface area contributed by atoms with Gasteiger partial charge in [0, 0.05) is 12.0 Å². The number of aldehydes is 1. The molecule has 1 unspecified atom stereocenters. The molecular formula is C27H26N2O6. The minimum Gasteiger partial charge on any atom is -0.497 e. The van der Waals surface area contributed by atoms with Crippen LogP contribution < -0.4 is 18.9 Å². The fourth-order valence-corrected chi connectivity index (χ4v) is 3.95. The van der Waals surface area contributed by atoms with Crippen molar-refractivity contribution in [3.63, 3.8) is 0 Å². The fourth-order valence-electron chi connectivity index (χ4n) is 3.95. The third-order valence-corrected chi connectivity index (χ3v) is 5.76. The second-order valence-corrected chi connectivity index (χ2v) is 7.80. The number of nitrogens with zero attached hydrogens (tertiary/aromatic N) is 2. The van der Waals surface area contributed by atoms with Crippen LogP contribution in [0.3, 0.4) is 0 Å². The molecule has 1 aliphatic heterocycles. The highest BCUT2D eigenvalue weighted by atomic mass is 16.5. The van der Waals surface area contributed by atoms with Crippen molar-refractivity contribution in [1.29, 1.82) is 0 Å². The average molecular weight is 475 g/mol. The van der Waals surface area contributed by atoms with Crippen LogP contribution in [0.4, 0.5) is 0 Å². The normalized spacial score (nSPS) is 14.8. The zero-order valence-electron chi connectivity index (χ0n) is 19.8. The highest BCUT2D eigenvalue weighted by Gasteiger charge is 2.34. The van der Waals surface area contributed by atoms with Gasteiger partial charge in [-0.15, -0.1) is 0 Å². The highest BCUT2D eigenvalue weighted by Crippen LogP contribution is 2.37. The van der Waals surface area contributed by atoms with Gasteiger partial charge in [-0.2, -0.15) is 5.10 Å². The minimum atomic E-state index is -0.381. The minimum absolute atomic E-state index is 0.274. The molecule has 1 aliphatic rings.